The van der Waals surface area contributed by atoms with Gasteiger partial charge in [0.1, 0.15) is 18.4 Å². The van der Waals surface area contributed by atoms with E-state index in [4.69, 9.17) is 9.47 Å². The van der Waals surface area contributed by atoms with Crippen LogP contribution in [0.2, 0.25) is 0 Å². The maximum atomic E-state index is 13.1. The van der Waals surface area contributed by atoms with Gasteiger partial charge in [-0.05, 0) is 56.8 Å². The van der Waals surface area contributed by atoms with Crippen LogP contribution in [0, 0.1) is 0 Å². The number of rotatable bonds is 5. The second-order valence-electron chi connectivity index (χ2n) is 10.0. The molecular weight excluding hydrogens is 486 g/mol. The molecule has 6 aromatic rings. The lowest BCUT2D eigenvalue weighted by Gasteiger charge is -2.18. The van der Waals surface area contributed by atoms with Crippen molar-refractivity contribution < 1.29 is 19.1 Å². The predicted molar refractivity (Wildman–Crippen MR) is 153 cm³/mol. The van der Waals surface area contributed by atoms with Gasteiger partial charge in [0.05, 0.1) is 0 Å². The Morgan fingerprint density at radius 3 is 2.08 bits per heavy atom. The van der Waals surface area contributed by atoms with Crippen LogP contribution >= 0.6 is 0 Å². The summed E-state index contributed by atoms with van der Waals surface area (Å²) in [6.07, 6.45) is -0.656. The van der Waals surface area contributed by atoms with Gasteiger partial charge in [-0.15, -0.1) is 0 Å². The molecule has 0 unspecified atom stereocenters. The van der Waals surface area contributed by atoms with Crippen LogP contribution in [0.4, 0.5) is 4.79 Å². The zero-order valence-corrected chi connectivity index (χ0v) is 21.3. The fraction of sp³-hybridized carbons (Fsp3) is 0.118. The summed E-state index contributed by atoms with van der Waals surface area (Å²) in [6.45, 7) is 1.78. The van der Waals surface area contributed by atoms with Crippen molar-refractivity contribution in [3.63, 3.8) is 0 Å². The minimum Gasteiger partial charge on any atom is -0.449 e. The molecule has 1 amide bonds. The second-order valence-corrected chi connectivity index (χ2v) is 10.0. The Morgan fingerprint density at radius 2 is 1.36 bits per heavy atom. The van der Waals surface area contributed by atoms with Crippen molar-refractivity contribution in [1.29, 1.82) is 0 Å². The minimum absolute atomic E-state index is 0.0546. The summed E-state index contributed by atoms with van der Waals surface area (Å²) in [7, 11) is 0. The fourth-order valence-corrected chi connectivity index (χ4v) is 5.89. The molecule has 0 aromatic heterocycles. The van der Waals surface area contributed by atoms with Crippen molar-refractivity contribution in [2.24, 2.45) is 0 Å². The predicted octanol–water partition coefficient (Wildman–Crippen LogP) is 7.42. The number of carbonyl (C=O) groups is 2. The molecule has 0 bridgehead atoms. The number of hydrogen-bond acceptors (Lipinski definition) is 4. The molecule has 0 fully saturated rings. The first-order chi connectivity index (χ1) is 19.1. The Bertz CT molecular complexity index is 1850. The molecule has 1 N–H and O–H groups in total. The number of hydrogen-bond donors (Lipinski definition) is 1. The van der Waals surface area contributed by atoms with Gasteiger partial charge < -0.3 is 14.8 Å². The number of ether oxygens (including phenoxy) is 2. The van der Waals surface area contributed by atoms with Crippen molar-refractivity contribution in [3.05, 3.63) is 114 Å². The van der Waals surface area contributed by atoms with Crippen LogP contribution in [0.3, 0.4) is 0 Å². The average Bonchev–Trinajstić information content (AvgIpc) is 3.29. The van der Waals surface area contributed by atoms with Crippen LogP contribution in [-0.2, 0) is 9.53 Å². The molecule has 39 heavy (non-hydrogen) atoms. The van der Waals surface area contributed by atoms with Crippen LogP contribution < -0.4 is 10.1 Å². The van der Waals surface area contributed by atoms with E-state index in [1.54, 1.807) is 6.92 Å². The number of esters is 1. The van der Waals surface area contributed by atoms with E-state index in [0.29, 0.717) is 5.75 Å². The first-order valence-electron chi connectivity index (χ1n) is 13.1. The molecular formula is C34H25NO4. The Hall–Kier alpha value is -4.90. The number of benzene rings is 6. The van der Waals surface area contributed by atoms with Gasteiger partial charge in [-0.3, -0.25) is 0 Å². The molecule has 0 saturated carbocycles. The normalized spacial score (nSPS) is 13.4. The second kappa shape index (κ2) is 9.14. The molecule has 0 spiro atoms. The largest absolute Gasteiger partial charge is 0.449 e. The van der Waals surface area contributed by atoms with Crippen LogP contribution in [0.5, 0.6) is 5.75 Å². The topological polar surface area (TPSA) is 64.6 Å². The molecule has 0 heterocycles. The fourth-order valence-electron chi connectivity index (χ4n) is 5.89. The Labute approximate surface area is 225 Å². The highest BCUT2D eigenvalue weighted by molar-refractivity contribution is 6.24. The van der Waals surface area contributed by atoms with Crippen molar-refractivity contribution in [2.45, 2.75) is 18.9 Å². The van der Waals surface area contributed by atoms with Crippen molar-refractivity contribution >= 4 is 44.4 Å². The molecule has 1 atom stereocenters. The van der Waals surface area contributed by atoms with E-state index in [2.05, 4.69) is 53.8 Å². The van der Waals surface area contributed by atoms with Crippen LogP contribution in [0.25, 0.3) is 43.4 Å². The molecule has 1 aliphatic carbocycles. The summed E-state index contributed by atoms with van der Waals surface area (Å²) in [5.41, 5.74) is 4.58. The highest BCUT2D eigenvalue weighted by Crippen LogP contribution is 2.44. The van der Waals surface area contributed by atoms with Gasteiger partial charge in [0, 0.05) is 16.7 Å². The van der Waals surface area contributed by atoms with Gasteiger partial charge in [-0.25, -0.2) is 9.59 Å². The third-order valence-electron chi connectivity index (χ3n) is 7.71. The van der Waals surface area contributed by atoms with Gasteiger partial charge in [0.25, 0.3) is 0 Å². The number of nitrogens with one attached hydrogen (secondary N) is 1. The van der Waals surface area contributed by atoms with Gasteiger partial charge in [-0.1, -0.05) is 97.1 Å². The highest BCUT2D eigenvalue weighted by atomic mass is 16.6. The van der Waals surface area contributed by atoms with Gasteiger partial charge in [0.2, 0.25) is 0 Å². The van der Waals surface area contributed by atoms with Crippen molar-refractivity contribution in [3.8, 4) is 16.9 Å². The van der Waals surface area contributed by atoms with Gasteiger partial charge in [-0.2, -0.15) is 0 Å². The van der Waals surface area contributed by atoms with Gasteiger partial charge >= 0.3 is 12.1 Å². The number of fused-ring (bicyclic) bond motifs is 3. The van der Waals surface area contributed by atoms with E-state index in [0.717, 1.165) is 54.6 Å². The Morgan fingerprint density at radius 1 is 0.744 bits per heavy atom. The zero-order valence-electron chi connectivity index (χ0n) is 21.3. The van der Waals surface area contributed by atoms with E-state index in [9.17, 15) is 9.59 Å². The molecule has 5 nitrogen and oxygen atoms in total. The molecule has 0 radical (unpaired) electrons. The lowest BCUT2D eigenvalue weighted by molar-refractivity contribution is -0.136. The van der Waals surface area contributed by atoms with E-state index in [1.807, 2.05) is 54.6 Å². The first kappa shape index (κ1) is 23.2. The third kappa shape index (κ3) is 3.86. The highest BCUT2D eigenvalue weighted by Gasteiger charge is 2.29. The van der Waals surface area contributed by atoms with Crippen molar-refractivity contribution in [1.82, 2.24) is 5.32 Å². The quantitative estimate of drug-likeness (QED) is 0.149. The Balaban J connectivity index is 1.07. The van der Waals surface area contributed by atoms with Crippen LogP contribution in [-0.4, -0.2) is 24.7 Å². The van der Waals surface area contributed by atoms with E-state index >= 15 is 0 Å². The Kier molecular flexibility index (Phi) is 5.44. The number of alkyl carbamates (subject to hydrolysis) is 1. The van der Waals surface area contributed by atoms with E-state index in [-0.39, 0.29) is 12.5 Å². The summed E-state index contributed by atoms with van der Waals surface area (Å²) < 4.78 is 11.5. The molecule has 7 rings (SSSR count). The average molecular weight is 512 g/mol. The first-order valence-corrected chi connectivity index (χ1v) is 13.1. The maximum Gasteiger partial charge on any atom is 0.407 e. The number of carbonyl (C=O) groups excluding carboxylic acids is 2. The number of amides is 1. The van der Waals surface area contributed by atoms with Crippen LogP contribution in [0.15, 0.2) is 103 Å². The molecule has 1 aliphatic rings. The van der Waals surface area contributed by atoms with Crippen molar-refractivity contribution in [2.75, 3.05) is 6.61 Å². The molecule has 0 saturated heterocycles. The van der Waals surface area contributed by atoms with Crippen LogP contribution in [0.1, 0.15) is 24.0 Å². The third-order valence-corrected chi connectivity index (χ3v) is 7.71. The zero-order chi connectivity index (χ0) is 26.5. The standard InChI is InChI=1S/C34H25NO4/c1-20(35-34(37)38-19-29-26-13-4-2-11-24(26)25-12-3-5-14-27(25)29)33(36)39-30-18-23-10-6-8-21-16-17-22-9-7-15-28(30)32(22)31(21)23/h2-18,20,29H,19H2,1H3,(H,35,37)/t20-/m0/s1. The lowest BCUT2D eigenvalue weighted by atomic mass is 9.94. The molecule has 190 valence electrons. The summed E-state index contributed by atoms with van der Waals surface area (Å²) >= 11 is 0. The maximum absolute atomic E-state index is 13.1. The molecule has 0 aliphatic heterocycles. The molecule has 6 aromatic carbocycles. The molecule has 5 heteroatoms. The SMILES string of the molecule is C[C@H](NC(=O)OCC1c2ccccc2-c2ccccc21)C(=O)Oc1cc2cccc3ccc4cccc1c4c32. The van der Waals surface area contributed by atoms with E-state index in [1.165, 1.54) is 0 Å². The van der Waals surface area contributed by atoms with E-state index < -0.39 is 18.1 Å². The summed E-state index contributed by atoms with van der Waals surface area (Å²) in [5, 5.41) is 8.93. The van der Waals surface area contributed by atoms with Gasteiger partial charge in [0.15, 0.2) is 0 Å². The monoisotopic (exact) mass is 511 g/mol. The summed E-state index contributed by atoms with van der Waals surface area (Å²) in [5.74, 6) is -0.141. The smallest absolute Gasteiger partial charge is 0.407 e. The summed E-state index contributed by atoms with van der Waals surface area (Å²) in [6, 6.07) is 33.6. The minimum atomic E-state index is -0.895. The lowest BCUT2D eigenvalue weighted by Crippen LogP contribution is -2.41. The summed E-state index contributed by atoms with van der Waals surface area (Å²) in [4.78, 5) is 25.8.